The molecule has 0 radical (unpaired) electrons. The molecule has 0 spiro atoms. The number of nitrogens with one attached hydrogen (secondary N) is 3. The van der Waals surface area contributed by atoms with Crippen LogP contribution in [-0.2, 0) is 11.3 Å². The number of rotatable bonds is 4. The van der Waals surface area contributed by atoms with Crippen molar-refractivity contribution in [2.75, 3.05) is 6.54 Å². The Labute approximate surface area is 189 Å². The summed E-state index contributed by atoms with van der Waals surface area (Å²) in [6.07, 6.45) is 1.99. The average molecular weight is 444 g/mol. The number of hydrogen-bond donors (Lipinski definition) is 4. The highest BCUT2D eigenvalue weighted by Gasteiger charge is 2.48. The van der Waals surface area contributed by atoms with E-state index in [0.29, 0.717) is 22.3 Å². The smallest absolute Gasteiger partial charge is 0.323 e. The Morgan fingerprint density at radius 3 is 2.58 bits per heavy atom. The molecule has 5 rings (SSSR count). The zero-order chi connectivity index (χ0) is 23.2. The summed E-state index contributed by atoms with van der Waals surface area (Å²) < 4.78 is 0. The molecule has 9 nitrogen and oxygen atoms in total. The van der Waals surface area contributed by atoms with E-state index >= 15 is 0 Å². The van der Waals surface area contributed by atoms with Gasteiger partial charge in [0.1, 0.15) is 5.75 Å². The lowest BCUT2D eigenvalue weighted by molar-refractivity contribution is -0.122. The predicted octanol–water partition coefficient (Wildman–Crippen LogP) is 0.870. The van der Waals surface area contributed by atoms with Crippen molar-refractivity contribution in [3.63, 3.8) is 0 Å². The van der Waals surface area contributed by atoms with Crippen LogP contribution in [0.5, 0.6) is 5.75 Å². The van der Waals surface area contributed by atoms with Crippen molar-refractivity contribution in [1.29, 1.82) is 0 Å². The van der Waals surface area contributed by atoms with Crippen LogP contribution in [0.25, 0.3) is 0 Å². The average Bonchev–Trinajstić information content (AvgIpc) is 3.49. The molecule has 4 N–H and O–H groups in total. The third kappa shape index (κ3) is 3.99. The van der Waals surface area contributed by atoms with E-state index in [2.05, 4.69) is 27.8 Å². The molecule has 0 aromatic heterocycles. The molecule has 2 fully saturated rings. The SMILES string of the molecule is O=C1NC(=O)[C@@](C#Cc2ccc(C(=O)NC3CC3)cc2)(CN2Cc3ccc(O)cc3C2=O)N1. The van der Waals surface area contributed by atoms with Gasteiger partial charge in [-0.2, -0.15) is 0 Å². The Bertz CT molecular complexity index is 1260. The van der Waals surface area contributed by atoms with Crippen molar-refractivity contribution < 1.29 is 24.3 Å². The Kier molecular flexibility index (Phi) is 4.78. The molecule has 5 amide bonds. The van der Waals surface area contributed by atoms with Crippen LogP contribution in [0.1, 0.15) is 44.7 Å². The molecule has 3 aliphatic rings. The summed E-state index contributed by atoms with van der Waals surface area (Å²) in [5, 5.41) is 17.3. The number of nitrogens with zero attached hydrogens (tertiary/aromatic N) is 1. The molecule has 2 aromatic carbocycles. The maximum atomic E-state index is 12.8. The van der Waals surface area contributed by atoms with Gasteiger partial charge in [-0.25, -0.2) is 4.79 Å². The number of amides is 5. The van der Waals surface area contributed by atoms with Gasteiger partial charge in [0, 0.05) is 29.3 Å². The van der Waals surface area contributed by atoms with E-state index in [1.165, 1.54) is 17.0 Å². The van der Waals surface area contributed by atoms with E-state index in [4.69, 9.17) is 0 Å². The Hall–Kier alpha value is -4.32. The summed E-state index contributed by atoms with van der Waals surface area (Å²) in [5.41, 5.74) is 0.498. The summed E-state index contributed by atoms with van der Waals surface area (Å²) in [4.78, 5) is 51.0. The maximum absolute atomic E-state index is 12.8. The second-order valence-corrected chi connectivity index (χ2v) is 8.39. The molecule has 0 unspecified atom stereocenters. The topological polar surface area (TPSA) is 128 Å². The van der Waals surface area contributed by atoms with E-state index < -0.39 is 17.5 Å². The number of phenols is 1. The highest BCUT2D eigenvalue weighted by Crippen LogP contribution is 2.28. The van der Waals surface area contributed by atoms with Crippen LogP contribution in [-0.4, -0.2) is 51.9 Å². The van der Waals surface area contributed by atoms with E-state index in [-0.39, 0.29) is 36.7 Å². The normalized spacial score (nSPS) is 21.1. The van der Waals surface area contributed by atoms with E-state index in [1.54, 1.807) is 30.3 Å². The number of carbonyl (C=O) groups excluding carboxylic acids is 4. The van der Waals surface area contributed by atoms with Crippen LogP contribution in [0, 0.1) is 11.8 Å². The second kappa shape index (κ2) is 7.67. The number of fused-ring (bicyclic) bond motifs is 1. The van der Waals surface area contributed by atoms with Crippen molar-refractivity contribution in [3.05, 3.63) is 64.7 Å². The summed E-state index contributed by atoms with van der Waals surface area (Å²) in [5.74, 6) is 4.53. The first kappa shape index (κ1) is 20.6. The van der Waals surface area contributed by atoms with E-state index in [1.807, 2.05) is 0 Å². The first-order chi connectivity index (χ1) is 15.8. The maximum Gasteiger partial charge on any atom is 0.323 e. The summed E-state index contributed by atoms with van der Waals surface area (Å²) >= 11 is 0. The van der Waals surface area contributed by atoms with Crippen molar-refractivity contribution in [2.24, 2.45) is 0 Å². The first-order valence-corrected chi connectivity index (χ1v) is 10.5. The number of urea groups is 1. The molecule has 2 heterocycles. The standard InChI is InChI=1S/C24H20N4O5/c29-18-8-5-16-12-28(21(31)19(16)11-18)13-24(22(32)26-23(33)27-24)10-9-14-1-3-15(4-2-14)20(30)25-17-6-7-17/h1-5,8,11,17,29H,6-7,12-13H2,(H,25,30)(H2,26,27,32,33)/t24-/m1/s1. The fraction of sp³-hybridized carbons (Fsp3) is 0.250. The largest absolute Gasteiger partial charge is 0.508 e. The van der Waals surface area contributed by atoms with Gasteiger partial charge in [0.05, 0.1) is 6.54 Å². The molecule has 9 heteroatoms. The molecule has 1 atom stereocenters. The van der Waals surface area contributed by atoms with Crippen LogP contribution >= 0.6 is 0 Å². The van der Waals surface area contributed by atoms with Gasteiger partial charge in [-0.3, -0.25) is 19.7 Å². The van der Waals surface area contributed by atoms with Gasteiger partial charge in [-0.05, 0) is 54.8 Å². The van der Waals surface area contributed by atoms with Crippen LogP contribution in [0.15, 0.2) is 42.5 Å². The highest BCUT2D eigenvalue weighted by molar-refractivity contribution is 6.10. The lowest BCUT2D eigenvalue weighted by Gasteiger charge is -2.26. The minimum atomic E-state index is -1.63. The van der Waals surface area contributed by atoms with E-state index in [9.17, 15) is 24.3 Å². The molecular formula is C24H20N4O5. The molecule has 166 valence electrons. The van der Waals surface area contributed by atoms with Crippen LogP contribution < -0.4 is 16.0 Å². The highest BCUT2D eigenvalue weighted by atomic mass is 16.3. The lowest BCUT2D eigenvalue weighted by Crippen LogP contribution is -2.54. The molecule has 2 aromatic rings. The molecule has 33 heavy (non-hydrogen) atoms. The van der Waals surface area contributed by atoms with Gasteiger partial charge in [0.15, 0.2) is 0 Å². The zero-order valence-corrected chi connectivity index (χ0v) is 17.5. The Morgan fingerprint density at radius 2 is 1.91 bits per heavy atom. The van der Waals surface area contributed by atoms with Gasteiger partial charge in [-0.15, -0.1) is 0 Å². The fourth-order valence-electron chi connectivity index (χ4n) is 3.87. The summed E-state index contributed by atoms with van der Waals surface area (Å²) in [7, 11) is 0. The Balaban J connectivity index is 1.38. The van der Waals surface area contributed by atoms with Crippen LogP contribution in [0.3, 0.4) is 0 Å². The van der Waals surface area contributed by atoms with Crippen molar-refractivity contribution in [3.8, 4) is 17.6 Å². The molecule has 1 saturated carbocycles. The summed E-state index contributed by atoms with van der Waals surface area (Å²) in [6.45, 7) is 0.0690. The van der Waals surface area contributed by atoms with Crippen LogP contribution in [0.2, 0.25) is 0 Å². The third-order valence-electron chi connectivity index (χ3n) is 5.82. The second-order valence-electron chi connectivity index (χ2n) is 8.39. The number of aromatic hydroxyl groups is 1. The first-order valence-electron chi connectivity index (χ1n) is 10.5. The minimum Gasteiger partial charge on any atom is -0.508 e. The molecule has 1 aliphatic carbocycles. The van der Waals surface area contributed by atoms with Crippen molar-refractivity contribution in [1.82, 2.24) is 20.9 Å². The number of benzene rings is 2. The van der Waals surface area contributed by atoms with Crippen LogP contribution in [0.4, 0.5) is 4.79 Å². The van der Waals surface area contributed by atoms with Gasteiger partial charge < -0.3 is 20.6 Å². The quantitative estimate of drug-likeness (QED) is 0.411. The van der Waals surface area contributed by atoms with Gasteiger partial charge >= 0.3 is 6.03 Å². The van der Waals surface area contributed by atoms with E-state index in [0.717, 1.165) is 12.8 Å². The monoisotopic (exact) mass is 444 g/mol. The zero-order valence-electron chi connectivity index (χ0n) is 17.5. The number of hydrogen-bond acceptors (Lipinski definition) is 5. The number of phenolic OH excluding ortho intramolecular Hbond substituents is 1. The van der Waals surface area contributed by atoms with Gasteiger partial charge in [0.2, 0.25) is 5.54 Å². The van der Waals surface area contributed by atoms with Gasteiger partial charge in [0.25, 0.3) is 17.7 Å². The number of imide groups is 1. The molecular weight excluding hydrogens is 424 g/mol. The molecule has 0 bridgehead atoms. The summed E-state index contributed by atoms with van der Waals surface area (Å²) in [6, 6.07) is 10.7. The Morgan fingerprint density at radius 1 is 1.15 bits per heavy atom. The molecule has 2 aliphatic heterocycles. The number of carbonyl (C=O) groups is 4. The molecule has 1 saturated heterocycles. The van der Waals surface area contributed by atoms with Gasteiger partial charge in [-0.1, -0.05) is 17.9 Å². The van der Waals surface area contributed by atoms with Crippen molar-refractivity contribution in [2.45, 2.75) is 31.0 Å². The fourth-order valence-corrected chi connectivity index (χ4v) is 3.87. The van der Waals surface area contributed by atoms with Crippen molar-refractivity contribution >= 4 is 23.8 Å². The predicted molar refractivity (Wildman–Crippen MR) is 116 cm³/mol. The minimum absolute atomic E-state index is 0.0281. The lowest BCUT2D eigenvalue weighted by atomic mass is 9.99. The third-order valence-corrected chi connectivity index (χ3v) is 5.82.